The summed E-state index contributed by atoms with van der Waals surface area (Å²) in [6, 6.07) is 8.97. The number of piperidine rings is 1. The van der Waals surface area contributed by atoms with Gasteiger partial charge < -0.3 is 5.11 Å². The van der Waals surface area contributed by atoms with E-state index in [0.717, 1.165) is 32.4 Å². The number of likely N-dealkylation sites (tertiary alicyclic amines) is 1. The molecule has 1 aromatic carbocycles. The van der Waals surface area contributed by atoms with Crippen LogP contribution in [0.1, 0.15) is 43.7 Å². The molecule has 0 aromatic heterocycles. The zero-order valence-electron chi connectivity index (χ0n) is 12.5. The second-order valence-corrected chi connectivity index (χ2v) is 6.21. The van der Waals surface area contributed by atoms with Crippen LogP contribution in [0.2, 0.25) is 0 Å². The fraction of sp³-hybridized carbons (Fsp3) is 0.588. The first-order valence-corrected chi connectivity index (χ1v) is 7.57. The Kier molecular flexibility index (Phi) is 5.18. The molecule has 1 aliphatic heterocycles. The Balaban J connectivity index is 1.81. The van der Waals surface area contributed by atoms with Crippen LogP contribution in [0.4, 0.5) is 0 Å². The van der Waals surface area contributed by atoms with E-state index in [1.54, 1.807) is 0 Å². The smallest absolute Gasteiger partial charge is 0.317 e. The predicted octanol–water partition coefficient (Wildman–Crippen LogP) is 3.15. The zero-order chi connectivity index (χ0) is 14.5. The van der Waals surface area contributed by atoms with Crippen molar-refractivity contribution in [3.05, 3.63) is 35.4 Å². The molecule has 0 atom stereocenters. The van der Waals surface area contributed by atoms with Gasteiger partial charge in [-0.2, -0.15) is 0 Å². The Morgan fingerprint density at radius 2 is 1.85 bits per heavy atom. The standard InChI is InChI=1S/C17H25NO2/c1-13(2)16-5-3-14(4-6-16)11-15-7-9-18(10-8-15)12-17(19)20/h3-6,13,15H,7-12H2,1-2H3,(H,19,20). The Bertz CT molecular complexity index is 431. The predicted molar refractivity (Wildman–Crippen MR) is 81.0 cm³/mol. The van der Waals surface area contributed by atoms with Crippen LogP contribution < -0.4 is 0 Å². The minimum absolute atomic E-state index is 0.190. The largest absolute Gasteiger partial charge is 0.480 e. The third-order valence-electron chi connectivity index (χ3n) is 4.24. The molecule has 110 valence electrons. The quantitative estimate of drug-likeness (QED) is 0.897. The summed E-state index contributed by atoms with van der Waals surface area (Å²) in [6.07, 6.45) is 3.34. The molecule has 0 aliphatic carbocycles. The highest BCUT2D eigenvalue weighted by molar-refractivity contribution is 5.69. The first-order valence-electron chi connectivity index (χ1n) is 7.57. The Hall–Kier alpha value is -1.35. The van der Waals surface area contributed by atoms with Crippen molar-refractivity contribution in [2.45, 2.75) is 39.0 Å². The number of rotatable bonds is 5. The van der Waals surface area contributed by atoms with Crippen molar-refractivity contribution in [3.8, 4) is 0 Å². The van der Waals surface area contributed by atoms with E-state index in [1.165, 1.54) is 11.1 Å². The summed E-state index contributed by atoms with van der Waals surface area (Å²) in [6.45, 7) is 6.46. The number of carboxylic acid groups (broad SMARTS) is 1. The number of benzene rings is 1. The van der Waals surface area contributed by atoms with E-state index in [9.17, 15) is 4.79 Å². The van der Waals surface area contributed by atoms with Crippen LogP contribution in [0.15, 0.2) is 24.3 Å². The SMILES string of the molecule is CC(C)c1ccc(CC2CCN(CC(=O)O)CC2)cc1. The van der Waals surface area contributed by atoms with Crippen LogP contribution in [0.3, 0.4) is 0 Å². The average Bonchev–Trinajstić information content (AvgIpc) is 2.41. The fourth-order valence-electron chi connectivity index (χ4n) is 2.91. The first kappa shape index (κ1) is 15.0. The summed E-state index contributed by atoms with van der Waals surface area (Å²) in [4.78, 5) is 12.7. The number of nitrogens with zero attached hydrogens (tertiary/aromatic N) is 1. The molecule has 0 amide bonds. The minimum Gasteiger partial charge on any atom is -0.480 e. The van der Waals surface area contributed by atoms with E-state index in [0.29, 0.717) is 11.8 Å². The highest BCUT2D eigenvalue weighted by Gasteiger charge is 2.20. The molecule has 1 N–H and O–H groups in total. The molecular weight excluding hydrogens is 250 g/mol. The molecule has 1 saturated heterocycles. The van der Waals surface area contributed by atoms with Gasteiger partial charge in [-0.25, -0.2) is 0 Å². The van der Waals surface area contributed by atoms with Crippen molar-refractivity contribution in [1.82, 2.24) is 4.90 Å². The van der Waals surface area contributed by atoms with Crippen LogP contribution >= 0.6 is 0 Å². The van der Waals surface area contributed by atoms with Gasteiger partial charge in [0.05, 0.1) is 6.54 Å². The number of carboxylic acids is 1. The van der Waals surface area contributed by atoms with Gasteiger partial charge >= 0.3 is 5.97 Å². The highest BCUT2D eigenvalue weighted by Crippen LogP contribution is 2.23. The van der Waals surface area contributed by atoms with Gasteiger partial charge in [-0.1, -0.05) is 38.1 Å². The van der Waals surface area contributed by atoms with Gasteiger partial charge in [-0.15, -0.1) is 0 Å². The van der Waals surface area contributed by atoms with Crippen molar-refractivity contribution in [2.24, 2.45) is 5.92 Å². The fourth-order valence-corrected chi connectivity index (χ4v) is 2.91. The Labute approximate surface area is 121 Å². The van der Waals surface area contributed by atoms with E-state index >= 15 is 0 Å². The maximum absolute atomic E-state index is 10.7. The maximum Gasteiger partial charge on any atom is 0.317 e. The Morgan fingerprint density at radius 1 is 1.25 bits per heavy atom. The summed E-state index contributed by atoms with van der Waals surface area (Å²) in [7, 11) is 0. The van der Waals surface area contributed by atoms with Crippen molar-refractivity contribution < 1.29 is 9.90 Å². The summed E-state index contributed by atoms with van der Waals surface area (Å²) >= 11 is 0. The molecule has 0 bridgehead atoms. The van der Waals surface area contributed by atoms with Crippen LogP contribution in [0.25, 0.3) is 0 Å². The lowest BCUT2D eigenvalue weighted by Gasteiger charge is -2.30. The molecule has 1 heterocycles. The van der Waals surface area contributed by atoms with Crippen LogP contribution in [0.5, 0.6) is 0 Å². The normalized spacial score (nSPS) is 17.6. The molecule has 1 aliphatic rings. The molecule has 3 nitrogen and oxygen atoms in total. The van der Waals surface area contributed by atoms with Gasteiger partial charge in [0.15, 0.2) is 0 Å². The van der Waals surface area contributed by atoms with E-state index in [4.69, 9.17) is 5.11 Å². The Morgan fingerprint density at radius 3 is 2.35 bits per heavy atom. The van der Waals surface area contributed by atoms with Crippen molar-refractivity contribution in [1.29, 1.82) is 0 Å². The molecule has 0 radical (unpaired) electrons. The van der Waals surface area contributed by atoms with E-state index < -0.39 is 5.97 Å². The summed E-state index contributed by atoms with van der Waals surface area (Å²) in [5, 5.41) is 8.80. The molecule has 3 heteroatoms. The van der Waals surface area contributed by atoms with Gasteiger partial charge in [0, 0.05) is 0 Å². The van der Waals surface area contributed by atoms with Gasteiger partial charge in [0.1, 0.15) is 0 Å². The summed E-state index contributed by atoms with van der Waals surface area (Å²) < 4.78 is 0. The average molecular weight is 275 g/mol. The minimum atomic E-state index is -0.715. The lowest BCUT2D eigenvalue weighted by atomic mass is 9.89. The number of carbonyl (C=O) groups is 1. The highest BCUT2D eigenvalue weighted by atomic mass is 16.4. The molecule has 0 spiro atoms. The van der Waals surface area contributed by atoms with Gasteiger partial charge in [0.25, 0.3) is 0 Å². The third-order valence-corrected chi connectivity index (χ3v) is 4.24. The van der Waals surface area contributed by atoms with E-state index in [2.05, 4.69) is 38.1 Å². The third kappa shape index (κ3) is 4.34. The van der Waals surface area contributed by atoms with E-state index in [1.807, 2.05) is 4.90 Å². The van der Waals surface area contributed by atoms with Gasteiger partial charge in [0.2, 0.25) is 0 Å². The molecule has 1 fully saturated rings. The van der Waals surface area contributed by atoms with Crippen LogP contribution in [-0.4, -0.2) is 35.6 Å². The molecule has 0 unspecified atom stereocenters. The van der Waals surface area contributed by atoms with Crippen molar-refractivity contribution >= 4 is 5.97 Å². The topological polar surface area (TPSA) is 40.5 Å². The monoisotopic (exact) mass is 275 g/mol. The zero-order valence-corrected chi connectivity index (χ0v) is 12.5. The molecular formula is C17H25NO2. The van der Waals surface area contributed by atoms with Crippen molar-refractivity contribution in [2.75, 3.05) is 19.6 Å². The second-order valence-electron chi connectivity index (χ2n) is 6.21. The van der Waals surface area contributed by atoms with E-state index in [-0.39, 0.29) is 6.54 Å². The first-order chi connectivity index (χ1) is 9.54. The number of aliphatic carboxylic acids is 1. The molecule has 1 aromatic rings. The summed E-state index contributed by atoms with van der Waals surface area (Å²) in [5.41, 5.74) is 2.80. The molecule has 0 saturated carbocycles. The summed E-state index contributed by atoms with van der Waals surface area (Å²) in [5.74, 6) is 0.570. The number of hydrogen-bond donors (Lipinski definition) is 1. The van der Waals surface area contributed by atoms with Crippen molar-refractivity contribution in [3.63, 3.8) is 0 Å². The van der Waals surface area contributed by atoms with Gasteiger partial charge in [-0.3, -0.25) is 9.69 Å². The lowest BCUT2D eigenvalue weighted by Crippen LogP contribution is -2.37. The van der Waals surface area contributed by atoms with Crippen LogP contribution in [-0.2, 0) is 11.2 Å². The second kappa shape index (κ2) is 6.89. The lowest BCUT2D eigenvalue weighted by molar-refractivity contribution is -0.138. The molecule has 20 heavy (non-hydrogen) atoms. The molecule has 2 rings (SSSR count). The van der Waals surface area contributed by atoms with Gasteiger partial charge in [-0.05, 0) is 55.3 Å². The maximum atomic E-state index is 10.7. The number of hydrogen-bond acceptors (Lipinski definition) is 2. The van der Waals surface area contributed by atoms with Crippen LogP contribution in [0, 0.1) is 5.92 Å².